The van der Waals surface area contributed by atoms with Crippen LogP contribution in [-0.4, -0.2) is 55.3 Å². The minimum absolute atomic E-state index is 0. The van der Waals surface area contributed by atoms with Gasteiger partial charge in [-0.15, -0.1) is 0 Å². The molecule has 0 heterocycles. The van der Waals surface area contributed by atoms with Crippen molar-refractivity contribution in [3.05, 3.63) is 11.1 Å². The minimum atomic E-state index is -5.17. The molecule has 16 heavy (non-hydrogen) atoms. The van der Waals surface area contributed by atoms with E-state index in [-0.39, 0.29) is 37.7 Å². The Balaban J connectivity index is 0.000000330. The molecule has 3 rings (SSSR count). The SMILES string of the molecule is CC1=C2CC(CC1)C2(C)C.O=S(=O)([O-])[O-].[Ca+2]. The van der Waals surface area contributed by atoms with Crippen molar-refractivity contribution in [1.29, 1.82) is 0 Å². The third-order valence-electron chi connectivity index (χ3n) is 3.63. The Hall–Kier alpha value is 0.870. The molecule has 0 aromatic rings. The van der Waals surface area contributed by atoms with Crippen molar-refractivity contribution in [2.45, 2.75) is 40.0 Å². The molecule has 0 spiro atoms. The van der Waals surface area contributed by atoms with Crippen LogP contribution in [0.25, 0.3) is 0 Å². The zero-order valence-corrected chi connectivity index (χ0v) is 13.0. The number of hydrogen-bond acceptors (Lipinski definition) is 4. The Morgan fingerprint density at radius 1 is 1.31 bits per heavy atom. The second-order valence-corrected chi connectivity index (χ2v) is 5.65. The molecule has 0 N–H and O–H groups in total. The molecule has 6 heteroatoms. The average molecular weight is 272 g/mol. The van der Waals surface area contributed by atoms with Crippen molar-refractivity contribution in [3.8, 4) is 0 Å². The van der Waals surface area contributed by atoms with Crippen molar-refractivity contribution < 1.29 is 17.5 Å². The summed E-state index contributed by atoms with van der Waals surface area (Å²) in [5.74, 6) is 1.02. The molecule has 2 bridgehead atoms. The third kappa shape index (κ3) is 4.27. The van der Waals surface area contributed by atoms with E-state index in [0.717, 1.165) is 5.92 Å². The summed E-state index contributed by atoms with van der Waals surface area (Å²) < 4.78 is 34.1. The van der Waals surface area contributed by atoms with Gasteiger partial charge in [0.05, 0.1) is 0 Å². The fourth-order valence-corrected chi connectivity index (χ4v) is 2.61. The van der Waals surface area contributed by atoms with Crippen molar-refractivity contribution in [3.63, 3.8) is 0 Å². The van der Waals surface area contributed by atoms with Crippen LogP contribution in [-0.2, 0) is 10.4 Å². The summed E-state index contributed by atoms with van der Waals surface area (Å²) >= 11 is 0. The van der Waals surface area contributed by atoms with Crippen LogP contribution in [0, 0.1) is 11.3 Å². The van der Waals surface area contributed by atoms with Crippen molar-refractivity contribution in [1.82, 2.24) is 0 Å². The molecule has 0 aromatic heterocycles. The van der Waals surface area contributed by atoms with E-state index in [9.17, 15) is 0 Å². The summed E-state index contributed by atoms with van der Waals surface area (Å²) in [6.45, 7) is 7.12. The first kappa shape index (κ1) is 16.9. The Labute approximate surface area is 127 Å². The Morgan fingerprint density at radius 2 is 1.75 bits per heavy atom. The fourth-order valence-electron chi connectivity index (χ4n) is 2.61. The van der Waals surface area contributed by atoms with E-state index in [1.165, 1.54) is 19.3 Å². The van der Waals surface area contributed by atoms with Gasteiger partial charge in [0.15, 0.2) is 0 Å². The molecular formula is C10H16CaO4S. The second-order valence-electron chi connectivity index (χ2n) is 4.83. The van der Waals surface area contributed by atoms with Crippen LogP contribution in [0.1, 0.15) is 40.0 Å². The molecule has 0 aliphatic heterocycles. The third-order valence-corrected chi connectivity index (χ3v) is 3.63. The molecule has 0 saturated heterocycles. The zero-order chi connectivity index (χ0) is 11.9. The quantitative estimate of drug-likeness (QED) is 0.289. The first-order valence-corrected chi connectivity index (χ1v) is 6.31. The molecule has 1 saturated carbocycles. The molecule has 1 fully saturated rings. The van der Waals surface area contributed by atoms with E-state index >= 15 is 0 Å². The predicted molar refractivity (Wildman–Crippen MR) is 60.1 cm³/mol. The Bertz CT molecular complexity index is 376. The van der Waals surface area contributed by atoms with Crippen LogP contribution < -0.4 is 0 Å². The first-order valence-electron chi connectivity index (χ1n) is 4.98. The van der Waals surface area contributed by atoms with Gasteiger partial charge in [-0.05, 0) is 37.5 Å². The first-order chi connectivity index (χ1) is 6.62. The molecule has 0 radical (unpaired) electrons. The van der Waals surface area contributed by atoms with E-state index in [2.05, 4.69) is 20.8 Å². The zero-order valence-electron chi connectivity index (χ0n) is 9.95. The molecule has 1 unspecified atom stereocenters. The molecule has 4 nitrogen and oxygen atoms in total. The van der Waals surface area contributed by atoms with Gasteiger partial charge in [0.25, 0.3) is 0 Å². The van der Waals surface area contributed by atoms with E-state index in [4.69, 9.17) is 17.5 Å². The van der Waals surface area contributed by atoms with Gasteiger partial charge in [0.2, 0.25) is 0 Å². The van der Waals surface area contributed by atoms with Gasteiger partial charge in [-0.2, -0.15) is 0 Å². The second kappa shape index (κ2) is 5.67. The molecule has 88 valence electrons. The number of hydrogen-bond donors (Lipinski definition) is 0. The standard InChI is InChI=1S/C10H16.Ca.H2O4S/c1-7-4-5-8-6-9(7)10(8,2)3;;1-5(2,3)4/h8H,4-6H2,1-3H3;;(H2,1,2,3,4)/q;+2;/p-2. The summed E-state index contributed by atoms with van der Waals surface area (Å²) in [4.78, 5) is 0. The molecule has 1 atom stereocenters. The summed E-state index contributed by atoms with van der Waals surface area (Å²) in [6.07, 6.45) is 4.24. The van der Waals surface area contributed by atoms with Crippen LogP contribution in [0.3, 0.4) is 0 Å². The van der Waals surface area contributed by atoms with Gasteiger partial charge in [0, 0.05) is 10.4 Å². The van der Waals surface area contributed by atoms with Gasteiger partial charge in [0.1, 0.15) is 0 Å². The van der Waals surface area contributed by atoms with E-state index < -0.39 is 10.4 Å². The normalized spacial score (nSPS) is 25.9. The topological polar surface area (TPSA) is 80.3 Å². The van der Waals surface area contributed by atoms with Gasteiger partial charge in [-0.25, -0.2) is 0 Å². The van der Waals surface area contributed by atoms with Crippen LogP contribution in [0.15, 0.2) is 11.1 Å². The number of fused-ring (bicyclic) bond motifs is 2. The summed E-state index contributed by atoms with van der Waals surface area (Å²) in [6, 6.07) is 0. The van der Waals surface area contributed by atoms with E-state index in [1.54, 1.807) is 11.1 Å². The maximum absolute atomic E-state index is 8.52. The van der Waals surface area contributed by atoms with Crippen molar-refractivity contribution in [2.24, 2.45) is 11.3 Å². The molecule has 0 aromatic carbocycles. The largest absolute Gasteiger partial charge is 2.00 e. The minimum Gasteiger partial charge on any atom is -0.759 e. The predicted octanol–water partition coefficient (Wildman–Crippen LogP) is 1.42. The molecular weight excluding hydrogens is 256 g/mol. The summed E-state index contributed by atoms with van der Waals surface area (Å²) in [5, 5.41) is 0. The monoisotopic (exact) mass is 272 g/mol. The molecule has 3 aliphatic rings. The van der Waals surface area contributed by atoms with Gasteiger partial charge < -0.3 is 9.11 Å². The summed E-state index contributed by atoms with van der Waals surface area (Å²) in [5.41, 5.74) is 4.04. The molecule has 0 amide bonds. The van der Waals surface area contributed by atoms with Crippen LogP contribution in [0.2, 0.25) is 0 Å². The smallest absolute Gasteiger partial charge is 0.759 e. The molecule has 3 aliphatic carbocycles. The van der Waals surface area contributed by atoms with Gasteiger partial charge in [-0.1, -0.05) is 25.0 Å². The number of rotatable bonds is 0. The van der Waals surface area contributed by atoms with Crippen LogP contribution in [0.4, 0.5) is 0 Å². The summed E-state index contributed by atoms with van der Waals surface area (Å²) in [7, 11) is -5.17. The number of allylic oxidation sites excluding steroid dienone is 2. The maximum Gasteiger partial charge on any atom is 2.00 e. The van der Waals surface area contributed by atoms with E-state index in [1.807, 2.05) is 0 Å². The van der Waals surface area contributed by atoms with Crippen molar-refractivity contribution in [2.75, 3.05) is 0 Å². The van der Waals surface area contributed by atoms with Gasteiger partial charge >= 0.3 is 37.7 Å². The Kier molecular flexibility index (Phi) is 5.98. The van der Waals surface area contributed by atoms with Crippen molar-refractivity contribution >= 4 is 48.1 Å². The van der Waals surface area contributed by atoms with Crippen LogP contribution in [0.5, 0.6) is 0 Å². The Morgan fingerprint density at radius 3 is 1.94 bits per heavy atom. The average Bonchev–Trinajstić information content (AvgIpc) is 2.00. The van der Waals surface area contributed by atoms with Gasteiger partial charge in [-0.3, -0.25) is 8.42 Å². The van der Waals surface area contributed by atoms with Crippen LogP contribution >= 0.6 is 0 Å². The maximum atomic E-state index is 8.52. The fraction of sp³-hybridized carbons (Fsp3) is 0.800. The van der Waals surface area contributed by atoms with E-state index in [0.29, 0.717) is 5.41 Å².